The number of benzene rings is 2. The third kappa shape index (κ3) is 5.01. The van der Waals surface area contributed by atoms with Crippen LogP contribution in [0.2, 0.25) is 0 Å². The first-order valence-electron chi connectivity index (χ1n) is 11.0. The Hall–Kier alpha value is -4.68. The molecule has 0 amide bonds. The van der Waals surface area contributed by atoms with E-state index in [1.54, 1.807) is 31.3 Å². The van der Waals surface area contributed by atoms with E-state index in [0.717, 1.165) is 23.0 Å². The standard InChI is InChI=1S/C24H18F4N6O3/c1-2-36-22-31-34(23(35)32(22)13-15-6-8-18(9-7-15)37-24(26,27)28)21-5-3-4-20-19(21)14-33(30-20)17-10-16(25)11-29-12-17/h3-12,14H,2,13H2,1H3. The average Bonchev–Trinajstić information content (AvgIpc) is 3.42. The fraction of sp³-hybridized carbons (Fsp3) is 0.167. The van der Waals surface area contributed by atoms with Crippen LogP contribution in [0.5, 0.6) is 11.8 Å². The van der Waals surface area contributed by atoms with Crippen LogP contribution in [-0.4, -0.2) is 42.1 Å². The molecule has 0 saturated heterocycles. The van der Waals surface area contributed by atoms with Crippen molar-refractivity contribution in [1.82, 2.24) is 29.1 Å². The zero-order valence-corrected chi connectivity index (χ0v) is 19.2. The molecule has 0 aliphatic heterocycles. The van der Waals surface area contributed by atoms with E-state index in [-0.39, 0.29) is 24.9 Å². The summed E-state index contributed by atoms with van der Waals surface area (Å²) < 4.78 is 64.3. The predicted octanol–water partition coefficient (Wildman–Crippen LogP) is 4.25. The number of nitrogens with zero attached hydrogens (tertiary/aromatic N) is 6. The van der Waals surface area contributed by atoms with E-state index in [1.807, 2.05) is 0 Å². The first-order chi connectivity index (χ1) is 17.7. The summed E-state index contributed by atoms with van der Waals surface area (Å²) >= 11 is 0. The lowest BCUT2D eigenvalue weighted by atomic mass is 10.2. The number of pyridine rings is 1. The third-order valence-electron chi connectivity index (χ3n) is 5.31. The fourth-order valence-corrected chi connectivity index (χ4v) is 3.76. The molecule has 0 radical (unpaired) electrons. The zero-order valence-electron chi connectivity index (χ0n) is 19.2. The Labute approximate surface area is 206 Å². The second-order valence-electron chi connectivity index (χ2n) is 7.83. The average molecular weight is 514 g/mol. The number of hydrogen-bond acceptors (Lipinski definition) is 6. The molecular weight excluding hydrogens is 496 g/mol. The number of fused-ring (bicyclic) bond motifs is 1. The van der Waals surface area contributed by atoms with Crippen LogP contribution in [0.15, 0.2) is 71.9 Å². The van der Waals surface area contributed by atoms with Gasteiger partial charge in [0, 0.05) is 17.6 Å². The molecule has 5 aromatic rings. The van der Waals surface area contributed by atoms with Gasteiger partial charge >= 0.3 is 18.1 Å². The SMILES string of the molecule is CCOc1nn(-c2cccc3nn(-c4cncc(F)c4)cc23)c(=O)n1Cc1ccc(OC(F)(F)F)cc1. The summed E-state index contributed by atoms with van der Waals surface area (Å²) in [5.74, 6) is -0.895. The summed E-state index contributed by atoms with van der Waals surface area (Å²) in [6.07, 6.45) is -0.641. The monoisotopic (exact) mass is 514 g/mol. The van der Waals surface area contributed by atoms with E-state index in [9.17, 15) is 22.4 Å². The van der Waals surface area contributed by atoms with Crippen LogP contribution in [0.25, 0.3) is 22.3 Å². The Morgan fingerprint density at radius 1 is 1.03 bits per heavy atom. The van der Waals surface area contributed by atoms with Crippen LogP contribution < -0.4 is 15.2 Å². The van der Waals surface area contributed by atoms with Gasteiger partial charge in [0.1, 0.15) is 11.6 Å². The van der Waals surface area contributed by atoms with Gasteiger partial charge in [-0.25, -0.2) is 18.4 Å². The molecule has 9 nitrogen and oxygen atoms in total. The van der Waals surface area contributed by atoms with Crippen molar-refractivity contribution in [3.05, 3.63) is 89.0 Å². The topological polar surface area (TPSA) is 89.0 Å². The molecule has 37 heavy (non-hydrogen) atoms. The lowest BCUT2D eigenvalue weighted by molar-refractivity contribution is -0.274. The van der Waals surface area contributed by atoms with Gasteiger partial charge in [-0.3, -0.25) is 4.98 Å². The van der Waals surface area contributed by atoms with Gasteiger partial charge in [0.15, 0.2) is 0 Å². The molecule has 5 rings (SSSR count). The van der Waals surface area contributed by atoms with Crippen LogP contribution >= 0.6 is 0 Å². The summed E-state index contributed by atoms with van der Waals surface area (Å²) in [5, 5.41) is 9.35. The van der Waals surface area contributed by atoms with Gasteiger partial charge in [0.05, 0.1) is 42.4 Å². The van der Waals surface area contributed by atoms with Crippen molar-refractivity contribution < 1.29 is 27.0 Å². The molecule has 190 valence electrons. The number of alkyl halides is 3. The molecule has 0 aliphatic carbocycles. The molecule has 3 heterocycles. The molecule has 0 saturated carbocycles. The number of ether oxygens (including phenoxy) is 2. The van der Waals surface area contributed by atoms with Crippen LogP contribution in [0.1, 0.15) is 12.5 Å². The summed E-state index contributed by atoms with van der Waals surface area (Å²) in [6.45, 7) is 1.95. The van der Waals surface area contributed by atoms with Gasteiger partial charge in [-0.05, 0) is 36.8 Å². The number of hydrogen-bond donors (Lipinski definition) is 0. The molecular formula is C24H18F4N6O3. The highest BCUT2D eigenvalue weighted by molar-refractivity contribution is 5.87. The van der Waals surface area contributed by atoms with E-state index >= 15 is 0 Å². The summed E-state index contributed by atoms with van der Waals surface area (Å²) in [7, 11) is 0. The normalized spacial score (nSPS) is 11.7. The van der Waals surface area contributed by atoms with Crippen LogP contribution in [0, 0.1) is 5.82 Å². The lowest BCUT2D eigenvalue weighted by Crippen LogP contribution is -2.24. The highest BCUT2D eigenvalue weighted by Crippen LogP contribution is 2.25. The predicted molar refractivity (Wildman–Crippen MR) is 124 cm³/mol. The third-order valence-corrected chi connectivity index (χ3v) is 5.31. The van der Waals surface area contributed by atoms with Crippen molar-refractivity contribution in [3.63, 3.8) is 0 Å². The highest BCUT2D eigenvalue weighted by atomic mass is 19.4. The van der Waals surface area contributed by atoms with Crippen molar-refractivity contribution >= 4 is 10.9 Å². The molecule has 2 aromatic carbocycles. The largest absolute Gasteiger partial charge is 0.573 e. The zero-order chi connectivity index (χ0) is 26.2. The second kappa shape index (κ2) is 9.41. The quantitative estimate of drug-likeness (QED) is 0.302. The first-order valence-corrected chi connectivity index (χ1v) is 11.0. The Morgan fingerprint density at radius 2 is 1.81 bits per heavy atom. The molecule has 0 aliphatic rings. The Bertz CT molecular complexity index is 1620. The lowest BCUT2D eigenvalue weighted by Gasteiger charge is -2.10. The summed E-state index contributed by atoms with van der Waals surface area (Å²) in [6, 6.07) is 11.6. The molecule has 0 atom stereocenters. The van der Waals surface area contributed by atoms with Gasteiger partial charge in [-0.1, -0.05) is 18.2 Å². The Balaban J connectivity index is 1.53. The molecule has 0 spiro atoms. The summed E-state index contributed by atoms with van der Waals surface area (Å²) in [5.41, 5.74) is 1.33. The van der Waals surface area contributed by atoms with Gasteiger partial charge in [-0.15, -0.1) is 18.3 Å². The van der Waals surface area contributed by atoms with Crippen LogP contribution in [0.4, 0.5) is 17.6 Å². The Morgan fingerprint density at radius 3 is 2.51 bits per heavy atom. The van der Waals surface area contributed by atoms with Crippen LogP contribution in [-0.2, 0) is 6.54 Å². The van der Waals surface area contributed by atoms with E-state index in [2.05, 4.69) is 19.9 Å². The molecule has 0 N–H and O–H groups in total. The molecule has 0 unspecified atom stereocenters. The van der Waals surface area contributed by atoms with Crippen molar-refractivity contribution in [2.24, 2.45) is 0 Å². The van der Waals surface area contributed by atoms with Crippen molar-refractivity contribution in [1.29, 1.82) is 0 Å². The molecule has 0 fully saturated rings. The first kappa shape index (κ1) is 24.0. The number of halogens is 4. The van der Waals surface area contributed by atoms with E-state index in [0.29, 0.717) is 27.8 Å². The minimum absolute atomic E-state index is 0.00926. The van der Waals surface area contributed by atoms with E-state index in [1.165, 1.54) is 33.6 Å². The highest BCUT2D eigenvalue weighted by Gasteiger charge is 2.31. The number of rotatable bonds is 7. The molecule has 0 bridgehead atoms. The Kier molecular flexibility index (Phi) is 6.11. The smallest absolute Gasteiger partial charge is 0.464 e. The molecule has 3 aromatic heterocycles. The van der Waals surface area contributed by atoms with Crippen molar-refractivity contribution in [2.45, 2.75) is 19.8 Å². The van der Waals surface area contributed by atoms with Gasteiger partial charge in [0.2, 0.25) is 0 Å². The molecule has 13 heteroatoms. The summed E-state index contributed by atoms with van der Waals surface area (Å²) in [4.78, 5) is 17.2. The van der Waals surface area contributed by atoms with Gasteiger partial charge in [0.25, 0.3) is 0 Å². The van der Waals surface area contributed by atoms with Gasteiger partial charge < -0.3 is 9.47 Å². The minimum Gasteiger partial charge on any atom is -0.464 e. The second-order valence-corrected chi connectivity index (χ2v) is 7.83. The van der Waals surface area contributed by atoms with E-state index in [4.69, 9.17) is 4.74 Å². The maximum Gasteiger partial charge on any atom is 0.573 e. The number of aromatic nitrogens is 6. The van der Waals surface area contributed by atoms with Crippen LogP contribution in [0.3, 0.4) is 0 Å². The van der Waals surface area contributed by atoms with E-state index < -0.39 is 17.9 Å². The maximum absolute atomic E-state index is 13.7. The minimum atomic E-state index is -4.80. The van der Waals surface area contributed by atoms with Crippen molar-refractivity contribution in [3.8, 4) is 23.1 Å². The van der Waals surface area contributed by atoms with Gasteiger partial charge in [-0.2, -0.15) is 9.78 Å². The van der Waals surface area contributed by atoms with Crippen molar-refractivity contribution in [2.75, 3.05) is 6.61 Å². The maximum atomic E-state index is 13.7. The fourth-order valence-electron chi connectivity index (χ4n) is 3.76.